The van der Waals surface area contributed by atoms with Crippen LogP contribution in [0.2, 0.25) is 0 Å². The summed E-state index contributed by atoms with van der Waals surface area (Å²) < 4.78 is 19.0. The number of hydrogen-bond donors (Lipinski definition) is 1. The van der Waals surface area contributed by atoms with Gasteiger partial charge in [0, 0.05) is 12.1 Å². The zero-order chi connectivity index (χ0) is 13.8. The molecule has 0 spiro atoms. The number of benzene rings is 2. The molecular formula is C16H18FNO. The lowest BCUT2D eigenvalue weighted by molar-refractivity contribution is 0.416. The van der Waals surface area contributed by atoms with Gasteiger partial charge in [-0.25, -0.2) is 4.39 Å². The third-order valence-electron chi connectivity index (χ3n) is 3.03. The molecule has 0 aromatic heterocycles. The molecule has 2 aromatic carbocycles. The van der Waals surface area contributed by atoms with Gasteiger partial charge in [0.15, 0.2) is 0 Å². The fourth-order valence-electron chi connectivity index (χ4n) is 1.97. The van der Waals surface area contributed by atoms with Crippen LogP contribution in [-0.2, 0) is 6.54 Å². The van der Waals surface area contributed by atoms with Crippen molar-refractivity contribution < 1.29 is 9.13 Å². The number of rotatable bonds is 4. The molecule has 0 fully saturated rings. The van der Waals surface area contributed by atoms with Gasteiger partial charge in [-0.2, -0.15) is 0 Å². The van der Waals surface area contributed by atoms with Crippen LogP contribution >= 0.6 is 0 Å². The van der Waals surface area contributed by atoms with Crippen LogP contribution in [0, 0.1) is 19.7 Å². The summed E-state index contributed by atoms with van der Waals surface area (Å²) in [6.45, 7) is 4.40. The standard InChI is InChI=1S/C16H18FNO/c1-11-4-6-14(17)13(8-11)10-18-15-7-5-12(2)9-16(15)19-3/h4-9,18H,10H2,1-3H3. The number of hydrogen-bond acceptors (Lipinski definition) is 2. The molecule has 19 heavy (non-hydrogen) atoms. The predicted molar refractivity (Wildman–Crippen MR) is 76.2 cm³/mol. The molecule has 0 radical (unpaired) electrons. The maximum Gasteiger partial charge on any atom is 0.142 e. The van der Waals surface area contributed by atoms with Gasteiger partial charge in [0.25, 0.3) is 0 Å². The first-order valence-electron chi connectivity index (χ1n) is 6.23. The van der Waals surface area contributed by atoms with Gasteiger partial charge in [0.05, 0.1) is 12.8 Å². The lowest BCUT2D eigenvalue weighted by atomic mass is 10.1. The Balaban J connectivity index is 2.16. The number of aryl methyl sites for hydroxylation is 2. The van der Waals surface area contributed by atoms with Crippen molar-refractivity contribution in [3.8, 4) is 5.75 Å². The van der Waals surface area contributed by atoms with Gasteiger partial charge in [-0.3, -0.25) is 0 Å². The molecule has 100 valence electrons. The average molecular weight is 259 g/mol. The van der Waals surface area contributed by atoms with E-state index < -0.39 is 0 Å². The van der Waals surface area contributed by atoms with Crippen LogP contribution in [0.25, 0.3) is 0 Å². The largest absolute Gasteiger partial charge is 0.495 e. The Morgan fingerprint density at radius 3 is 2.47 bits per heavy atom. The van der Waals surface area contributed by atoms with Crippen LogP contribution in [0.1, 0.15) is 16.7 Å². The van der Waals surface area contributed by atoms with Gasteiger partial charge in [0.2, 0.25) is 0 Å². The normalized spacial score (nSPS) is 10.3. The summed E-state index contributed by atoms with van der Waals surface area (Å²) in [7, 11) is 1.63. The first kappa shape index (κ1) is 13.4. The topological polar surface area (TPSA) is 21.3 Å². The summed E-state index contributed by atoms with van der Waals surface area (Å²) in [5.41, 5.74) is 3.70. The molecule has 2 aromatic rings. The molecule has 0 aliphatic heterocycles. The van der Waals surface area contributed by atoms with Crippen LogP contribution in [0.5, 0.6) is 5.75 Å². The van der Waals surface area contributed by atoms with Gasteiger partial charge in [-0.15, -0.1) is 0 Å². The third kappa shape index (κ3) is 3.25. The van der Waals surface area contributed by atoms with Crippen molar-refractivity contribution in [3.63, 3.8) is 0 Å². The summed E-state index contributed by atoms with van der Waals surface area (Å²) in [6.07, 6.45) is 0. The molecule has 2 nitrogen and oxygen atoms in total. The van der Waals surface area contributed by atoms with E-state index >= 15 is 0 Å². The highest BCUT2D eigenvalue weighted by Gasteiger charge is 2.05. The van der Waals surface area contributed by atoms with Crippen molar-refractivity contribution in [1.82, 2.24) is 0 Å². The molecule has 0 amide bonds. The van der Waals surface area contributed by atoms with E-state index in [0.29, 0.717) is 12.1 Å². The van der Waals surface area contributed by atoms with Crippen LogP contribution in [0.15, 0.2) is 36.4 Å². The Morgan fingerprint density at radius 2 is 1.74 bits per heavy atom. The minimum atomic E-state index is -0.191. The zero-order valence-electron chi connectivity index (χ0n) is 11.5. The molecule has 0 bridgehead atoms. The number of halogens is 1. The fraction of sp³-hybridized carbons (Fsp3) is 0.250. The van der Waals surface area contributed by atoms with Crippen LogP contribution < -0.4 is 10.1 Å². The monoisotopic (exact) mass is 259 g/mol. The molecule has 0 heterocycles. The minimum absolute atomic E-state index is 0.191. The van der Waals surface area contributed by atoms with E-state index in [1.807, 2.05) is 38.1 Å². The Morgan fingerprint density at radius 1 is 1.05 bits per heavy atom. The van der Waals surface area contributed by atoms with Crippen molar-refractivity contribution in [2.45, 2.75) is 20.4 Å². The van der Waals surface area contributed by atoms with E-state index in [-0.39, 0.29) is 5.82 Å². The Bertz CT molecular complexity index is 581. The maximum atomic E-state index is 13.6. The molecule has 2 rings (SSSR count). The third-order valence-corrected chi connectivity index (χ3v) is 3.03. The second kappa shape index (κ2) is 5.74. The van der Waals surface area contributed by atoms with Crippen molar-refractivity contribution >= 4 is 5.69 Å². The lowest BCUT2D eigenvalue weighted by Gasteiger charge is -2.12. The highest BCUT2D eigenvalue weighted by atomic mass is 19.1. The van der Waals surface area contributed by atoms with E-state index in [1.165, 1.54) is 6.07 Å². The number of ether oxygens (including phenoxy) is 1. The van der Waals surface area contributed by atoms with Gasteiger partial charge in [-0.05, 0) is 37.6 Å². The van der Waals surface area contributed by atoms with Crippen molar-refractivity contribution in [3.05, 3.63) is 58.9 Å². The fourth-order valence-corrected chi connectivity index (χ4v) is 1.97. The van der Waals surface area contributed by atoms with Crippen LogP contribution in [0.3, 0.4) is 0 Å². The Labute approximate surface area is 113 Å². The summed E-state index contributed by atoms with van der Waals surface area (Å²) in [4.78, 5) is 0. The highest BCUT2D eigenvalue weighted by molar-refractivity contribution is 5.57. The maximum absolute atomic E-state index is 13.6. The lowest BCUT2D eigenvalue weighted by Crippen LogP contribution is -2.03. The van der Waals surface area contributed by atoms with E-state index in [0.717, 1.165) is 22.6 Å². The smallest absolute Gasteiger partial charge is 0.142 e. The zero-order valence-corrected chi connectivity index (χ0v) is 11.5. The van der Waals surface area contributed by atoms with E-state index in [9.17, 15) is 4.39 Å². The average Bonchev–Trinajstić information content (AvgIpc) is 2.40. The molecule has 0 aliphatic carbocycles. The minimum Gasteiger partial charge on any atom is -0.495 e. The first-order valence-corrected chi connectivity index (χ1v) is 6.23. The van der Waals surface area contributed by atoms with Crippen molar-refractivity contribution in [1.29, 1.82) is 0 Å². The quantitative estimate of drug-likeness (QED) is 0.894. The molecule has 0 aliphatic rings. The summed E-state index contributed by atoms with van der Waals surface area (Å²) >= 11 is 0. The molecule has 0 atom stereocenters. The van der Waals surface area contributed by atoms with Crippen LogP contribution in [0.4, 0.5) is 10.1 Å². The molecule has 0 unspecified atom stereocenters. The Hall–Kier alpha value is -2.03. The number of methoxy groups -OCH3 is 1. The Kier molecular flexibility index (Phi) is 4.05. The summed E-state index contributed by atoms with van der Waals surface area (Å²) in [5.74, 6) is 0.581. The van der Waals surface area contributed by atoms with Gasteiger partial charge in [-0.1, -0.05) is 23.8 Å². The molecular weight excluding hydrogens is 241 g/mol. The molecule has 0 saturated heterocycles. The predicted octanol–water partition coefficient (Wildman–Crippen LogP) is 4.06. The second-order valence-electron chi connectivity index (χ2n) is 4.65. The van der Waals surface area contributed by atoms with Gasteiger partial charge in [0.1, 0.15) is 11.6 Å². The first-order chi connectivity index (χ1) is 9.10. The van der Waals surface area contributed by atoms with E-state index in [1.54, 1.807) is 13.2 Å². The van der Waals surface area contributed by atoms with Crippen molar-refractivity contribution in [2.24, 2.45) is 0 Å². The van der Waals surface area contributed by atoms with E-state index in [4.69, 9.17) is 4.74 Å². The SMILES string of the molecule is COc1cc(C)ccc1NCc1cc(C)ccc1F. The summed E-state index contributed by atoms with van der Waals surface area (Å²) in [6, 6.07) is 11.0. The molecule has 1 N–H and O–H groups in total. The van der Waals surface area contributed by atoms with Crippen LogP contribution in [-0.4, -0.2) is 7.11 Å². The molecule has 3 heteroatoms. The van der Waals surface area contributed by atoms with Gasteiger partial charge < -0.3 is 10.1 Å². The highest BCUT2D eigenvalue weighted by Crippen LogP contribution is 2.26. The number of nitrogens with one attached hydrogen (secondary N) is 1. The van der Waals surface area contributed by atoms with Gasteiger partial charge >= 0.3 is 0 Å². The number of anilines is 1. The summed E-state index contributed by atoms with van der Waals surface area (Å²) in [5, 5.41) is 3.21. The molecule has 0 saturated carbocycles. The van der Waals surface area contributed by atoms with E-state index in [2.05, 4.69) is 5.32 Å². The second-order valence-corrected chi connectivity index (χ2v) is 4.65. The van der Waals surface area contributed by atoms with Crippen molar-refractivity contribution in [2.75, 3.05) is 12.4 Å².